The highest BCUT2D eigenvalue weighted by molar-refractivity contribution is 6.30. The third-order valence-corrected chi connectivity index (χ3v) is 3.59. The average Bonchev–Trinajstić information content (AvgIpc) is 2.48. The molecule has 0 aliphatic carbocycles. The van der Waals surface area contributed by atoms with E-state index in [1.807, 2.05) is 19.1 Å². The fraction of sp³-hybridized carbons (Fsp3) is 0.533. The minimum Gasteiger partial charge on any atom is -0.489 e. The zero-order chi connectivity index (χ0) is 14.4. The molecular formula is C15H22Cl2N2O2. The lowest BCUT2D eigenvalue weighted by atomic mass is 10.0. The molecule has 1 saturated heterocycles. The molecule has 0 spiro atoms. The molecule has 1 aliphatic heterocycles. The summed E-state index contributed by atoms with van der Waals surface area (Å²) < 4.78 is 5.71. The lowest BCUT2D eigenvalue weighted by Gasteiger charge is -2.23. The molecule has 0 bridgehead atoms. The first-order valence-electron chi connectivity index (χ1n) is 7.08. The first kappa shape index (κ1) is 18.1. The summed E-state index contributed by atoms with van der Waals surface area (Å²) in [4.78, 5) is 12.0. The molecule has 1 aromatic rings. The van der Waals surface area contributed by atoms with Crippen molar-refractivity contribution < 1.29 is 9.53 Å². The summed E-state index contributed by atoms with van der Waals surface area (Å²) in [6.07, 6.45) is 3.10. The topological polar surface area (TPSA) is 50.4 Å². The number of carbonyl (C=O) groups is 1. The van der Waals surface area contributed by atoms with Crippen LogP contribution in [0.5, 0.6) is 5.75 Å². The highest BCUT2D eigenvalue weighted by atomic mass is 35.5. The first-order valence-corrected chi connectivity index (χ1v) is 7.46. The Morgan fingerprint density at radius 2 is 2.14 bits per heavy atom. The van der Waals surface area contributed by atoms with Crippen LogP contribution in [0.4, 0.5) is 0 Å². The monoisotopic (exact) mass is 332 g/mol. The van der Waals surface area contributed by atoms with Crippen LogP contribution < -0.4 is 15.4 Å². The molecule has 6 heteroatoms. The van der Waals surface area contributed by atoms with Crippen LogP contribution in [0.15, 0.2) is 24.3 Å². The van der Waals surface area contributed by atoms with Crippen molar-refractivity contribution in [1.29, 1.82) is 0 Å². The van der Waals surface area contributed by atoms with Gasteiger partial charge in [0.1, 0.15) is 11.9 Å². The van der Waals surface area contributed by atoms with Crippen molar-refractivity contribution in [1.82, 2.24) is 10.6 Å². The molecule has 1 aliphatic rings. The lowest BCUT2D eigenvalue weighted by molar-refractivity contribution is -0.124. The Morgan fingerprint density at radius 1 is 1.43 bits per heavy atom. The number of rotatable bonds is 5. The standard InChI is InChI=1S/C15H21ClN2O2.ClH/c1-11(20-13-7-5-12(16)6-8-13)10-18-15(19)14-4-2-3-9-17-14;/h5-8,11,14,17H,2-4,9-10H2,1H3,(H,18,19);1H. The van der Waals surface area contributed by atoms with Gasteiger partial charge in [0, 0.05) is 5.02 Å². The van der Waals surface area contributed by atoms with E-state index in [-0.39, 0.29) is 30.5 Å². The predicted molar refractivity (Wildman–Crippen MR) is 87.4 cm³/mol. The number of ether oxygens (including phenoxy) is 1. The number of piperidine rings is 1. The third-order valence-electron chi connectivity index (χ3n) is 3.34. The first-order chi connectivity index (χ1) is 9.65. The van der Waals surface area contributed by atoms with Crippen LogP contribution in [0.25, 0.3) is 0 Å². The average molecular weight is 333 g/mol. The minimum atomic E-state index is -0.0799. The number of benzene rings is 1. The highest BCUT2D eigenvalue weighted by Gasteiger charge is 2.20. The third kappa shape index (κ3) is 6.12. The van der Waals surface area contributed by atoms with Gasteiger partial charge in [0.2, 0.25) is 5.91 Å². The highest BCUT2D eigenvalue weighted by Crippen LogP contribution is 2.16. The quantitative estimate of drug-likeness (QED) is 0.871. The van der Waals surface area contributed by atoms with Gasteiger partial charge in [-0.15, -0.1) is 12.4 Å². The second kappa shape index (κ2) is 9.13. The van der Waals surface area contributed by atoms with E-state index in [4.69, 9.17) is 16.3 Å². The molecule has 118 valence electrons. The Labute approximate surface area is 137 Å². The molecule has 21 heavy (non-hydrogen) atoms. The molecule has 4 nitrogen and oxygen atoms in total. The van der Waals surface area contributed by atoms with Gasteiger partial charge in [-0.05, 0) is 50.6 Å². The molecule has 2 atom stereocenters. The fourth-order valence-electron chi connectivity index (χ4n) is 2.23. The molecule has 2 rings (SSSR count). The second-order valence-electron chi connectivity index (χ2n) is 5.13. The zero-order valence-electron chi connectivity index (χ0n) is 12.1. The van der Waals surface area contributed by atoms with Crippen molar-refractivity contribution >= 4 is 29.9 Å². The van der Waals surface area contributed by atoms with E-state index in [1.165, 1.54) is 0 Å². The number of halogens is 2. The van der Waals surface area contributed by atoms with E-state index in [2.05, 4.69) is 10.6 Å². The van der Waals surface area contributed by atoms with Gasteiger partial charge < -0.3 is 15.4 Å². The lowest BCUT2D eigenvalue weighted by Crippen LogP contribution is -2.48. The summed E-state index contributed by atoms with van der Waals surface area (Å²) in [6, 6.07) is 7.17. The van der Waals surface area contributed by atoms with Gasteiger partial charge in [0.15, 0.2) is 0 Å². The van der Waals surface area contributed by atoms with Gasteiger partial charge in [-0.1, -0.05) is 18.0 Å². The number of hydrogen-bond donors (Lipinski definition) is 2. The second-order valence-corrected chi connectivity index (χ2v) is 5.57. The summed E-state index contributed by atoms with van der Waals surface area (Å²) in [7, 11) is 0. The van der Waals surface area contributed by atoms with E-state index in [0.717, 1.165) is 31.6 Å². The van der Waals surface area contributed by atoms with Gasteiger partial charge >= 0.3 is 0 Å². The van der Waals surface area contributed by atoms with Crippen molar-refractivity contribution in [3.05, 3.63) is 29.3 Å². The number of hydrogen-bond acceptors (Lipinski definition) is 3. The van der Waals surface area contributed by atoms with Crippen molar-refractivity contribution in [2.75, 3.05) is 13.1 Å². The van der Waals surface area contributed by atoms with Gasteiger partial charge in [-0.25, -0.2) is 0 Å². The fourth-order valence-corrected chi connectivity index (χ4v) is 2.36. The minimum absolute atomic E-state index is 0. The van der Waals surface area contributed by atoms with E-state index in [0.29, 0.717) is 11.6 Å². The Hall–Kier alpha value is -0.970. The Kier molecular flexibility index (Phi) is 7.86. The van der Waals surface area contributed by atoms with E-state index in [1.54, 1.807) is 12.1 Å². The molecule has 1 aromatic carbocycles. The Morgan fingerprint density at radius 3 is 2.76 bits per heavy atom. The Bertz CT molecular complexity index is 434. The maximum atomic E-state index is 12.0. The number of nitrogens with one attached hydrogen (secondary N) is 2. The summed E-state index contributed by atoms with van der Waals surface area (Å²) in [5, 5.41) is 6.84. The number of amides is 1. The van der Waals surface area contributed by atoms with Gasteiger partial charge in [-0.2, -0.15) is 0 Å². The summed E-state index contributed by atoms with van der Waals surface area (Å²) in [6.45, 7) is 3.36. The van der Waals surface area contributed by atoms with Gasteiger partial charge in [0.25, 0.3) is 0 Å². The van der Waals surface area contributed by atoms with Crippen LogP contribution in [-0.4, -0.2) is 31.1 Å². The van der Waals surface area contributed by atoms with Crippen molar-refractivity contribution in [3.63, 3.8) is 0 Å². The summed E-state index contributed by atoms with van der Waals surface area (Å²) in [5.41, 5.74) is 0. The molecule has 0 aromatic heterocycles. The largest absolute Gasteiger partial charge is 0.489 e. The molecule has 0 radical (unpaired) electrons. The summed E-state index contributed by atoms with van der Waals surface area (Å²) >= 11 is 5.82. The van der Waals surface area contributed by atoms with E-state index < -0.39 is 0 Å². The van der Waals surface area contributed by atoms with Crippen molar-refractivity contribution in [2.24, 2.45) is 0 Å². The van der Waals surface area contributed by atoms with Crippen LogP contribution in [0.1, 0.15) is 26.2 Å². The molecule has 0 saturated carbocycles. The zero-order valence-corrected chi connectivity index (χ0v) is 13.7. The van der Waals surface area contributed by atoms with Crippen LogP contribution in [0, 0.1) is 0 Å². The molecule has 1 heterocycles. The molecule has 1 amide bonds. The summed E-state index contributed by atoms with van der Waals surface area (Å²) in [5.74, 6) is 0.822. The molecule has 2 N–H and O–H groups in total. The van der Waals surface area contributed by atoms with Gasteiger partial charge in [0.05, 0.1) is 12.6 Å². The van der Waals surface area contributed by atoms with Crippen molar-refractivity contribution in [2.45, 2.75) is 38.3 Å². The van der Waals surface area contributed by atoms with Crippen LogP contribution in [0.2, 0.25) is 5.02 Å². The van der Waals surface area contributed by atoms with Crippen LogP contribution in [0.3, 0.4) is 0 Å². The smallest absolute Gasteiger partial charge is 0.237 e. The maximum Gasteiger partial charge on any atom is 0.237 e. The molecule has 1 fully saturated rings. The predicted octanol–water partition coefficient (Wildman–Crippen LogP) is 2.79. The normalized spacial score (nSPS) is 19.2. The van der Waals surface area contributed by atoms with E-state index in [9.17, 15) is 4.79 Å². The van der Waals surface area contributed by atoms with Crippen LogP contribution >= 0.6 is 24.0 Å². The number of carbonyl (C=O) groups excluding carboxylic acids is 1. The Balaban J connectivity index is 0.00000220. The van der Waals surface area contributed by atoms with Crippen LogP contribution in [-0.2, 0) is 4.79 Å². The maximum absolute atomic E-state index is 12.0. The van der Waals surface area contributed by atoms with E-state index >= 15 is 0 Å². The van der Waals surface area contributed by atoms with Gasteiger partial charge in [-0.3, -0.25) is 4.79 Å². The molecule has 2 unspecified atom stereocenters. The van der Waals surface area contributed by atoms with Crippen molar-refractivity contribution in [3.8, 4) is 5.75 Å². The SMILES string of the molecule is CC(CNC(=O)C1CCCCN1)Oc1ccc(Cl)cc1.Cl. The molecular weight excluding hydrogens is 311 g/mol.